The standard InChI is InChI=1S/C25H20FN3O2S/c1-16(30)29(19-14-13-17-7-6-8-18(17)15-19)32-25-27-22-11-4-2-9-20(22)24(31)28(25)23-12-5-3-10-21(23)26/h2-5,9-15H,6-8H2,1H3. The maximum atomic E-state index is 14.7. The lowest BCUT2D eigenvalue weighted by Crippen LogP contribution is -2.27. The molecule has 1 amide bonds. The molecule has 0 spiro atoms. The Morgan fingerprint density at radius 1 is 1.03 bits per heavy atom. The van der Waals surface area contributed by atoms with Gasteiger partial charge in [0, 0.05) is 18.9 Å². The highest BCUT2D eigenvalue weighted by Gasteiger charge is 2.22. The molecule has 0 saturated heterocycles. The first kappa shape index (κ1) is 20.5. The Bertz CT molecular complexity index is 1420. The van der Waals surface area contributed by atoms with Crippen LogP contribution in [0.25, 0.3) is 16.6 Å². The van der Waals surface area contributed by atoms with Gasteiger partial charge < -0.3 is 0 Å². The third-order valence-corrected chi connectivity index (χ3v) is 6.70. The van der Waals surface area contributed by atoms with Gasteiger partial charge in [0.15, 0.2) is 5.16 Å². The fourth-order valence-electron chi connectivity index (χ4n) is 4.08. The van der Waals surface area contributed by atoms with Crippen molar-refractivity contribution in [2.24, 2.45) is 0 Å². The number of hydrogen-bond acceptors (Lipinski definition) is 4. The van der Waals surface area contributed by atoms with Gasteiger partial charge in [0.25, 0.3) is 5.56 Å². The molecule has 0 radical (unpaired) electrons. The lowest BCUT2D eigenvalue weighted by molar-refractivity contribution is -0.115. The summed E-state index contributed by atoms with van der Waals surface area (Å²) in [5, 5.41) is 0.599. The molecule has 4 aromatic rings. The molecule has 160 valence electrons. The first-order valence-electron chi connectivity index (χ1n) is 10.4. The zero-order valence-electron chi connectivity index (χ0n) is 17.4. The summed E-state index contributed by atoms with van der Waals surface area (Å²) in [5.74, 6) is -0.754. The number of rotatable bonds is 4. The zero-order chi connectivity index (χ0) is 22.2. The second kappa shape index (κ2) is 8.24. The van der Waals surface area contributed by atoms with E-state index in [1.807, 2.05) is 18.2 Å². The van der Waals surface area contributed by atoms with Gasteiger partial charge in [-0.2, -0.15) is 0 Å². The van der Waals surface area contributed by atoms with E-state index in [-0.39, 0.29) is 22.3 Å². The van der Waals surface area contributed by atoms with Crippen LogP contribution in [0.4, 0.5) is 10.1 Å². The largest absolute Gasteiger partial charge is 0.274 e. The van der Waals surface area contributed by atoms with Gasteiger partial charge in [-0.15, -0.1) is 0 Å². The summed E-state index contributed by atoms with van der Waals surface area (Å²) in [6, 6.07) is 19.0. The Morgan fingerprint density at radius 3 is 2.59 bits per heavy atom. The molecule has 32 heavy (non-hydrogen) atoms. The molecule has 1 aliphatic carbocycles. The van der Waals surface area contributed by atoms with Crippen molar-refractivity contribution in [1.82, 2.24) is 9.55 Å². The zero-order valence-corrected chi connectivity index (χ0v) is 18.2. The Kier molecular flexibility index (Phi) is 5.27. The molecule has 0 bridgehead atoms. The summed E-state index contributed by atoms with van der Waals surface area (Å²) in [4.78, 5) is 30.6. The van der Waals surface area contributed by atoms with E-state index < -0.39 is 5.82 Å². The number of nitrogens with zero attached hydrogens (tertiary/aromatic N) is 3. The molecule has 7 heteroatoms. The quantitative estimate of drug-likeness (QED) is 0.325. The summed E-state index contributed by atoms with van der Waals surface area (Å²) < 4.78 is 17.5. The summed E-state index contributed by atoms with van der Waals surface area (Å²) in [6.45, 7) is 1.47. The van der Waals surface area contributed by atoms with Gasteiger partial charge >= 0.3 is 0 Å². The van der Waals surface area contributed by atoms with Crippen LogP contribution in [0.2, 0.25) is 0 Å². The third kappa shape index (κ3) is 3.58. The number of carbonyl (C=O) groups is 1. The monoisotopic (exact) mass is 445 g/mol. The predicted molar refractivity (Wildman–Crippen MR) is 125 cm³/mol. The summed E-state index contributed by atoms with van der Waals surface area (Å²) >= 11 is 1.02. The molecule has 0 unspecified atom stereocenters. The number of halogens is 1. The highest BCUT2D eigenvalue weighted by Crippen LogP contribution is 2.33. The van der Waals surface area contributed by atoms with Gasteiger partial charge in [-0.25, -0.2) is 13.7 Å². The number of amides is 1. The van der Waals surface area contributed by atoms with E-state index in [0.29, 0.717) is 16.6 Å². The highest BCUT2D eigenvalue weighted by molar-refractivity contribution is 8.01. The number of aromatic nitrogens is 2. The van der Waals surface area contributed by atoms with Crippen LogP contribution in [0.15, 0.2) is 76.7 Å². The molecule has 5 rings (SSSR count). The van der Waals surface area contributed by atoms with Crippen LogP contribution in [-0.2, 0) is 17.6 Å². The van der Waals surface area contributed by atoms with Gasteiger partial charge in [-0.05, 0) is 66.8 Å². The molecule has 0 fully saturated rings. The number of hydrogen-bond donors (Lipinski definition) is 0. The minimum Gasteiger partial charge on any atom is -0.274 e. The molecule has 1 heterocycles. The highest BCUT2D eigenvalue weighted by atomic mass is 32.2. The number of carbonyl (C=O) groups excluding carboxylic acids is 1. The molecule has 5 nitrogen and oxygen atoms in total. The van der Waals surface area contributed by atoms with E-state index in [0.717, 1.165) is 31.2 Å². The predicted octanol–water partition coefficient (Wildman–Crippen LogP) is 5.07. The number of anilines is 1. The van der Waals surface area contributed by atoms with Crippen LogP contribution in [0.5, 0.6) is 0 Å². The Labute approximate surface area is 188 Å². The van der Waals surface area contributed by atoms with Crippen LogP contribution in [0, 0.1) is 5.82 Å². The topological polar surface area (TPSA) is 55.2 Å². The van der Waals surface area contributed by atoms with Gasteiger partial charge in [0.1, 0.15) is 5.82 Å². The molecular weight excluding hydrogens is 425 g/mol. The minimum atomic E-state index is -0.541. The van der Waals surface area contributed by atoms with Crippen molar-refractivity contribution in [1.29, 1.82) is 0 Å². The van der Waals surface area contributed by atoms with Crippen molar-refractivity contribution in [3.05, 3.63) is 94.0 Å². The van der Waals surface area contributed by atoms with Crippen molar-refractivity contribution in [2.45, 2.75) is 31.3 Å². The van der Waals surface area contributed by atoms with E-state index in [4.69, 9.17) is 0 Å². The number of benzene rings is 3. The summed E-state index contributed by atoms with van der Waals surface area (Å²) in [5.41, 5.74) is 3.44. The fraction of sp³-hybridized carbons (Fsp3) is 0.160. The van der Waals surface area contributed by atoms with Gasteiger partial charge in [0.05, 0.1) is 22.3 Å². The fourth-order valence-corrected chi connectivity index (χ4v) is 5.00. The molecule has 0 N–H and O–H groups in total. The van der Waals surface area contributed by atoms with E-state index in [1.165, 1.54) is 39.1 Å². The summed E-state index contributed by atoms with van der Waals surface area (Å²) in [7, 11) is 0. The number of para-hydroxylation sites is 2. The normalized spacial score (nSPS) is 12.7. The maximum absolute atomic E-state index is 14.7. The smallest absolute Gasteiger partial charge is 0.266 e. The Balaban J connectivity index is 1.69. The molecular formula is C25H20FN3O2S. The van der Waals surface area contributed by atoms with Crippen molar-refractivity contribution >= 4 is 34.4 Å². The maximum Gasteiger partial charge on any atom is 0.266 e. The van der Waals surface area contributed by atoms with Crippen LogP contribution < -0.4 is 9.86 Å². The third-order valence-electron chi connectivity index (χ3n) is 5.61. The van der Waals surface area contributed by atoms with Crippen molar-refractivity contribution in [3.63, 3.8) is 0 Å². The van der Waals surface area contributed by atoms with Crippen LogP contribution in [0.1, 0.15) is 24.5 Å². The van der Waals surface area contributed by atoms with Crippen molar-refractivity contribution < 1.29 is 9.18 Å². The van der Waals surface area contributed by atoms with Crippen LogP contribution >= 0.6 is 11.9 Å². The first-order valence-corrected chi connectivity index (χ1v) is 11.2. The second-order valence-corrected chi connectivity index (χ2v) is 8.63. The van der Waals surface area contributed by atoms with Crippen molar-refractivity contribution in [3.8, 4) is 5.69 Å². The van der Waals surface area contributed by atoms with Gasteiger partial charge in [-0.3, -0.25) is 14.2 Å². The van der Waals surface area contributed by atoms with Gasteiger partial charge in [-0.1, -0.05) is 30.3 Å². The Morgan fingerprint density at radius 2 is 1.78 bits per heavy atom. The number of fused-ring (bicyclic) bond motifs is 2. The first-order chi connectivity index (χ1) is 15.5. The molecule has 1 aromatic heterocycles. The molecule has 1 aliphatic rings. The molecule has 0 saturated carbocycles. The molecule has 3 aromatic carbocycles. The van der Waals surface area contributed by atoms with E-state index in [2.05, 4.69) is 4.98 Å². The number of aryl methyl sites for hydroxylation is 2. The van der Waals surface area contributed by atoms with Crippen LogP contribution in [-0.4, -0.2) is 15.5 Å². The van der Waals surface area contributed by atoms with Gasteiger partial charge in [0.2, 0.25) is 5.91 Å². The van der Waals surface area contributed by atoms with E-state index in [1.54, 1.807) is 36.4 Å². The lowest BCUT2D eigenvalue weighted by atomic mass is 10.1. The molecule has 0 atom stereocenters. The van der Waals surface area contributed by atoms with Crippen LogP contribution in [0.3, 0.4) is 0 Å². The van der Waals surface area contributed by atoms with E-state index in [9.17, 15) is 14.0 Å². The average molecular weight is 446 g/mol. The summed E-state index contributed by atoms with van der Waals surface area (Å²) in [6.07, 6.45) is 3.13. The van der Waals surface area contributed by atoms with Crippen molar-refractivity contribution in [2.75, 3.05) is 4.31 Å². The SMILES string of the molecule is CC(=O)N(Sc1nc2ccccc2c(=O)n1-c1ccccc1F)c1ccc2c(c1)CCC2. The Hall–Kier alpha value is -3.45. The lowest BCUT2D eigenvalue weighted by Gasteiger charge is -2.22. The molecule has 0 aliphatic heterocycles. The average Bonchev–Trinajstić information content (AvgIpc) is 3.26. The van der Waals surface area contributed by atoms with E-state index >= 15 is 0 Å². The second-order valence-electron chi connectivity index (χ2n) is 7.71. The minimum absolute atomic E-state index is 0.0932.